The molecule has 0 aliphatic carbocycles. The molecule has 0 saturated carbocycles. The summed E-state index contributed by atoms with van der Waals surface area (Å²) < 4.78 is 6.95. The molecule has 0 N–H and O–H groups in total. The molecule has 0 aliphatic rings. The molecule has 0 unspecified atom stereocenters. The maximum atomic E-state index is 11.7. The summed E-state index contributed by atoms with van der Waals surface area (Å²) in [5, 5.41) is 4.10. The average molecular weight is 230 g/mol. The van der Waals surface area contributed by atoms with Crippen molar-refractivity contribution in [3.8, 4) is 5.75 Å². The van der Waals surface area contributed by atoms with Crippen molar-refractivity contribution in [3.63, 3.8) is 0 Å². The molecule has 4 heteroatoms. The largest absolute Gasteiger partial charge is 0.420 e. The SMILES string of the molecule is CC(C)n1cc(OC(=O)c2ccccc2)cn1. The lowest BCUT2D eigenvalue weighted by atomic mass is 10.2. The van der Waals surface area contributed by atoms with Crippen LogP contribution in [0.25, 0.3) is 0 Å². The van der Waals surface area contributed by atoms with E-state index in [1.54, 1.807) is 41.3 Å². The lowest BCUT2D eigenvalue weighted by molar-refractivity contribution is 0.0734. The third-order valence-corrected chi connectivity index (χ3v) is 2.33. The van der Waals surface area contributed by atoms with Gasteiger partial charge in [0.15, 0.2) is 5.75 Å². The molecule has 0 fully saturated rings. The van der Waals surface area contributed by atoms with Crippen molar-refractivity contribution in [2.24, 2.45) is 0 Å². The Morgan fingerprint density at radius 3 is 2.59 bits per heavy atom. The van der Waals surface area contributed by atoms with Crippen LogP contribution in [0.3, 0.4) is 0 Å². The van der Waals surface area contributed by atoms with Gasteiger partial charge in [-0.1, -0.05) is 18.2 Å². The van der Waals surface area contributed by atoms with Crippen molar-refractivity contribution < 1.29 is 9.53 Å². The molecule has 0 atom stereocenters. The predicted molar refractivity (Wildman–Crippen MR) is 64.0 cm³/mol. The van der Waals surface area contributed by atoms with Gasteiger partial charge in [-0.15, -0.1) is 0 Å². The Morgan fingerprint density at radius 1 is 1.29 bits per heavy atom. The van der Waals surface area contributed by atoms with E-state index in [2.05, 4.69) is 5.10 Å². The molecule has 0 saturated heterocycles. The monoisotopic (exact) mass is 230 g/mol. The van der Waals surface area contributed by atoms with Crippen molar-refractivity contribution in [2.75, 3.05) is 0 Å². The third-order valence-electron chi connectivity index (χ3n) is 2.33. The van der Waals surface area contributed by atoms with E-state index in [1.807, 2.05) is 19.9 Å². The molecular formula is C13H14N2O2. The first kappa shape index (κ1) is 11.4. The van der Waals surface area contributed by atoms with Crippen molar-refractivity contribution in [1.29, 1.82) is 0 Å². The maximum absolute atomic E-state index is 11.7. The molecule has 17 heavy (non-hydrogen) atoms. The van der Waals surface area contributed by atoms with Crippen LogP contribution in [0.4, 0.5) is 0 Å². The van der Waals surface area contributed by atoms with Crippen LogP contribution in [0.15, 0.2) is 42.7 Å². The van der Waals surface area contributed by atoms with Crippen LogP contribution in [-0.4, -0.2) is 15.7 Å². The first-order valence-electron chi connectivity index (χ1n) is 5.48. The van der Waals surface area contributed by atoms with E-state index in [1.165, 1.54) is 0 Å². The van der Waals surface area contributed by atoms with Gasteiger partial charge in [0.05, 0.1) is 18.0 Å². The summed E-state index contributed by atoms with van der Waals surface area (Å²) in [4.78, 5) is 11.7. The molecule has 0 radical (unpaired) electrons. The fraction of sp³-hybridized carbons (Fsp3) is 0.231. The maximum Gasteiger partial charge on any atom is 0.343 e. The second-order valence-corrected chi connectivity index (χ2v) is 4.01. The van der Waals surface area contributed by atoms with Crippen LogP contribution in [0.5, 0.6) is 5.75 Å². The summed E-state index contributed by atoms with van der Waals surface area (Å²) in [6, 6.07) is 9.14. The average Bonchev–Trinajstić information content (AvgIpc) is 2.79. The van der Waals surface area contributed by atoms with Gasteiger partial charge < -0.3 is 4.74 Å². The van der Waals surface area contributed by atoms with Crippen LogP contribution in [0, 0.1) is 0 Å². The molecule has 0 bridgehead atoms. The number of ether oxygens (including phenoxy) is 1. The summed E-state index contributed by atoms with van der Waals surface area (Å²) >= 11 is 0. The van der Waals surface area contributed by atoms with Crippen molar-refractivity contribution in [2.45, 2.75) is 19.9 Å². The zero-order valence-corrected chi connectivity index (χ0v) is 9.83. The Hall–Kier alpha value is -2.10. The minimum Gasteiger partial charge on any atom is -0.420 e. The topological polar surface area (TPSA) is 44.1 Å². The van der Waals surface area contributed by atoms with Crippen molar-refractivity contribution in [3.05, 3.63) is 48.3 Å². The lowest BCUT2D eigenvalue weighted by Gasteiger charge is -2.03. The number of esters is 1. The van der Waals surface area contributed by atoms with Gasteiger partial charge in [0, 0.05) is 6.04 Å². The summed E-state index contributed by atoms with van der Waals surface area (Å²) in [5.74, 6) is 0.0986. The smallest absolute Gasteiger partial charge is 0.343 e. The second-order valence-electron chi connectivity index (χ2n) is 4.01. The molecule has 2 rings (SSSR count). The Kier molecular flexibility index (Phi) is 3.23. The van der Waals surface area contributed by atoms with Crippen LogP contribution < -0.4 is 4.74 Å². The Morgan fingerprint density at radius 2 is 2.00 bits per heavy atom. The van der Waals surface area contributed by atoms with Crippen molar-refractivity contribution in [1.82, 2.24) is 9.78 Å². The molecular weight excluding hydrogens is 216 g/mol. The zero-order valence-electron chi connectivity index (χ0n) is 9.83. The van der Waals surface area contributed by atoms with Crippen LogP contribution in [-0.2, 0) is 0 Å². The fourth-order valence-corrected chi connectivity index (χ4v) is 1.40. The normalized spacial score (nSPS) is 10.5. The predicted octanol–water partition coefficient (Wildman–Crippen LogP) is 2.68. The molecule has 1 aromatic carbocycles. The number of carbonyl (C=O) groups excluding carboxylic acids is 1. The Bertz CT molecular complexity index is 503. The molecule has 1 aromatic heterocycles. The number of rotatable bonds is 3. The molecule has 2 aromatic rings. The van der Waals surface area contributed by atoms with Gasteiger partial charge in [-0.05, 0) is 26.0 Å². The van der Waals surface area contributed by atoms with E-state index in [0.29, 0.717) is 11.3 Å². The summed E-state index contributed by atoms with van der Waals surface area (Å²) in [6.07, 6.45) is 3.26. The number of hydrogen-bond donors (Lipinski definition) is 0. The van der Waals surface area contributed by atoms with Gasteiger partial charge in [-0.25, -0.2) is 4.79 Å². The van der Waals surface area contributed by atoms with Crippen LogP contribution in [0.2, 0.25) is 0 Å². The van der Waals surface area contributed by atoms with E-state index >= 15 is 0 Å². The minimum absolute atomic E-state index is 0.249. The first-order valence-corrected chi connectivity index (χ1v) is 5.48. The Balaban J connectivity index is 2.08. The third kappa shape index (κ3) is 2.72. The van der Waals surface area contributed by atoms with Gasteiger partial charge in [-0.3, -0.25) is 4.68 Å². The standard InChI is InChI=1S/C13H14N2O2/c1-10(2)15-9-12(8-14-15)17-13(16)11-6-4-3-5-7-11/h3-10H,1-2H3. The van der Waals surface area contributed by atoms with Gasteiger partial charge >= 0.3 is 5.97 Å². The van der Waals surface area contributed by atoms with Crippen LogP contribution >= 0.6 is 0 Å². The molecule has 0 spiro atoms. The van der Waals surface area contributed by atoms with Gasteiger partial charge in [0.1, 0.15) is 0 Å². The van der Waals surface area contributed by atoms with Gasteiger partial charge in [-0.2, -0.15) is 5.10 Å². The summed E-state index contributed by atoms with van der Waals surface area (Å²) in [5.41, 5.74) is 0.532. The summed E-state index contributed by atoms with van der Waals surface area (Å²) in [6.45, 7) is 4.02. The highest BCUT2D eigenvalue weighted by atomic mass is 16.5. The highest BCUT2D eigenvalue weighted by molar-refractivity contribution is 5.90. The molecule has 0 amide bonds. The second kappa shape index (κ2) is 4.82. The number of aromatic nitrogens is 2. The van der Waals surface area contributed by atoms with E-state index in [4.69, 9.17) is 4.74 Å². The minimum atomic E-state index is -0.367. The van der Waals surface area contributed by atoms with E-state index in [0.717, 1.165) is 0 Å². The first-order chi connectivity index (χ1) is 8.16. The fourth-order valence-electron chi connectivity index (χ4n) is 1.40. The molecule has 4 nitrogen and oxygen atoms in total. The number of carbonyl (C=O) groups is 1. The zero-order chi connectivity index (χ0) is 12.3. The summed E-state index contributed by atoms with van der Waals surface area (Å²) in [7, 11) is 0. The number of nitrogens with zero attached hydrogens (tertiary/aromatic N) is 2. The quantitative estimate of drug-likeness (QED) is 0.761. The highest BCUT2D eigenvalue weighted by Crippen LogP contribution is 2.14. The van der Waals surface area contributed by atoms with E-state index in [9.17, 15) is 4.79 Å². The van der Waals surface area contributed by atoms with Gasteiger partial charge in [0.25, 0.3) is 0 Å². The molecule has 1 heterocycles. The lowest BCUT2D eigenvalue weighted by Crippen LogP contribution is -2.07. The van der Waals surface area contributed by atoms with E-state index in [-0.39, 0.29) is 12.0 Å². The van der Waals surface area contributed by atoms with E-state index < -0.39 is 0 Å². The highest BCUT2D eigenvalue weighted by Gasteiger charge is 2.09. The van der Waals surface area contributed by atoms with Crippen molar-refractivity contribution >= 4 is 5.97 Å². The van der Waals surface area contributed by atoms with Gasteiger partial charge in [0.2, 0.25) is 0 Å². The van der Waals surface area contributed by atoms with Crippen LogP contribution in [0.1, 0.15) is 30.2 Å². The number of benzene rings is 1. The molecule has 0 aliphatic heterocycles. The Labute approximate surface area is 99.8 Å². The molecule has 88 valence electrons. The number of hydrogen-bond acceptors (Lipinski definition) is 3.